The number of anilines is 1. The van der Waals surface area contributed by atoms with Crippen LogP contribution in [0.3, 0.4) is 0 Å². The third-order valence-electron chi connectivity index (χ3n) is 3.74. The van der Waals surface area contributed by atoms with Crippen LogP contribution in [0, 0.1) is 0 Å². The fourth-order valence-corrected chi connectivity index (χ4v) is 2.41. The van der Waals surface area contributed by atoms with Crippen molar-refractivity contribution >= 4 is 17.5 Å². The Morgan fingerprint density at radius 3 is 2.35 bits per heavy atom. The van der Waals surface area contributed by atoms with Crippen LogP contribution in [0.5, 0.6) is 0 Å². The number of benzene rings is 2. The van der Waals surface area contributed by atoms with Gasteiger partial charge in [0.2, 0.25) is 11.8 Å². The van der Waals surface area contributed by atoms with Gasteiger partial charge in [-0.3, -0.25) is 9.59 Å². The lowest BCUT2D eigenvalue weighted by molar-refractivity contribution is -0.138. The van der Waals surface area contributed by atoms with Crippen LogP contribution in [0.4, 0.5) is 18.9 Å². The maximum Gasteiger partial charge on any atom is 0.416 e. The van der Waals surface area contributed by atoms with Gasteiger partial charge in [-0.1, -0.05) is 36.4 Å². The Morgan fingerprint density at radius 1 is 1.04 bits per heavy atom. The van der Waals surface area contributed by atoms with Crippen LogP contribution < -0.4 is 5.32 Å². The first-order valence-corrected chi connectivity index (χ1v) is 8.08. The molecule has 26 heavy (non-hydrogen) atoms. The summed E-state index contributed by atoms with van der Waals surface area (Å²) in [5, 5.41) is 2.34. The lowest BCUT2D eigenvalue weighted by Crippen LogP contribution is -2.33. The van der Waals surface area contributed by atoms with Gasteiger partial charge in [-0.15, -0.1) is 0 Å². The molecule has 0 radical (unpaired) electrons. The highest BCUT2D eigenvalue weighted by Crippen LogP contribution is 2.30. The zero-order valence-electron chi connectivity index (χ0n) is 14.2. The molecule has 0 atom stereocenters. The van der Waals surface area contributed by atoms with E-state index in [0.29, 0.717) is 13.1 Å². The first-order valence-electron chi connectivity index (χ1n) is 8.08. The number of carbonyl (C=O) groups excluding carboxylic acids is 2. The highest BCUT2D eigenvalue weighted by Gasteiger charge is 2.30. The maximum absolute atomic E-state index is 12.7. The van der Waals surface area contributed by atoms with Crippen molar-refractivity contribution in [3.8, 4) is 0 Å². The molecule has 0 aliphatic heterocycles. The summed E-state index contributed by atoms with van der Waals surface area (Å²) in [4.78, 5) is 25.8. The minimum absolute atomic E-state index is 0.00346. The number of alkyl halides is 3. The molecule has 0 fully saturated rings. The SMILES string of the molecule is CCN(Cc1ccccc1)C(=O)CC(=O)Nc1cccc(C(F)(F)F)c1. The third-order valence-corrected chi connectivity index (χ3v) is 3.74. The molecule has 0 saturated carbocycles. The Bertz CT molecular complexity index is 761. The minimum atomic E-state index is -4.49. The van der Waals surface area contributed by atoms with E-state index in [4.69, 9.17) is 0 Å². The molecule has 0 aromatic heterocycles. The van der Waals surface area contributed by atoms with Gasteiger partial charge < -0.3 is 10.2 Å². The van der Waals surface area contributed by atoms with Crippen LogP contribution in [-0.2, 0) is 22.3 Å². The van der Waals surface area contributed by atoms with Crippen molar-refractivity contribution in [3.63, 3.8) is 0 Å². The Labute approximate surface area is 149 Å². The van der Waals surface area contributed by atoms with E-state index < -0.39 is 24.1 Å². The molecule has 0 unspecified atom stereocenters. The standard InChI is InChI=1S/C19H19F3N2O2/c1-2-24(13-14-7-4-3-5-8-14)18(26)12-17(25)23-16-10-6-9-15(11-16)19(20,21)22/h3-11H,2,12-13H2,1H3,(H,23,25). The molecular formula is C19H19F3N2O2. The quantitative estimate of drug-likeness (QED) is 0.785. The number of hydrogen-bond donors (Lipinski definition) is 1. The Morgan fingerprint density at radius 2 is 1.73 bits per heavy atom. The predicted molar refractivity (Wildman–Crippen MR) is 92.2 cm³/mol. The van der Waals surface area contributed by atoms with Gasteiger partial charge in [0.1, 0.15) is 6.42 Å². The van der Waals surface area contributed by atoms with Gasteiger partial charge in [-0.25, -0.2) is 0 Å². The Balaban J connectivity index is 1.97. The third kappa shape index (κ3) is 5.61. The second kappa shape index (κ2) is 8.51. The van der Waals surface area contributed by atoms with Crippen molar-refractivity contribution < 1.29 is 22.8 Å². The second-order valence-corrected chi connectivity index (χ2v) is 5.70. The summed E-state index contributed by atoms with van der Waals surface area (Å²) < 4.78 is 38.1. The molecular weight excluding hydrogens is 345 g/mol. The molecule has 4 nitrogen and oxygen atoms in total. The highest BCUT2D eigenvalue weighted by atomic mass is 19.4. The molecule has 0 saturated heterocycles. The predicted octanol–water partition coefficient (Wildman–Crippen LogP) is 4.08. The number of amides is 2. The molecule has 0 spiro atoms. The molecule has 2 amide bonds. The summed E-state index contributed by atoms with van der Waals surface area (Å²) in [5.74, 6) is -1.04. The molecule has 2 aromatic carbocycles. The normalized spacial score (nSPS) is 11.1. The largest absolute Gasteiger partial charge is 0.416 e. The summed E-state index contributed by atoms with van der Waals surface area (Å²) in [6, 6.07) is 13.6. The van der Waals surface area contributed by atoms with Crippen molar-refractivity contribution in [2.75, 3.05) is 11.9 Å². The van der Waals surface area contributed by atoms with Crippen LogP contribution in [-0.4, -0.2) is 23.3 Å². The Hall–Kier alpha value is -2.83. The monoisotopic (exact) mass is 364 g/mol. The lowest BCUT2D eigenvalue weighted by Gasteiger charge is -2.21. The van der Waals surface area contributed by atoms with Crippen molar-refractivity contribution in [3.05, 3.63) is 65.7 Å². The number of rotatable bonds is 6. The second-order valence-electron chi connectivity index (χ2n) is 5.70. The molecule has 2 aromatic rings. The average molecular weight is 364 g/mol. The van der Waals surface area contributed by atoms with Crippen molar-refractivity contribution in [1.82, 2.24) is 4.90 Å². The summed E-state index contributed by atoms with van der Waals surface area (Å²) in [6.45, 7) is 2.59. The highest BCUT2D eigenvalue weighted by molar-refractivity contribution is 6.03. The van der Waals surface area contributed by atoms with E-state index >= 15 is 0 Å². The summed E-state index contributed by atoms with van der Waals surface area (Å²) in [7, 11) is 0. The van der Waals surface area contributed by atoms with E-state index in [1.54, 1.807) is 6.92 Å². The van der Waals surface area contributed by atoms with E-state index in [1.165, 1.54) is 17.0 Å². The van der Waals surface area contributed by atoms with E-state index in [2.05, 4.69) is 5.32 Å². The summed E-state index contributed by atoms with van der Waals surface area (Å²) in [5.41, 5.74) is 0.0746. The molecule has 1 N–H and O–H groups in total. The van der Waals surface area contributed by atoms with Crippen LogP contribution in [0.1, 0.15) is 24.5 Å². The molecule has 0 bridgehead atoms. The van der Waals surface area contributed by atoms with Gasteiger partial charge in [-0.2, -0.15) is 13.2 Å². The van der Waals surface area contributed by atoms with Crippen molar-refractivity contribution in [2.45, 2.75) is 26.1 Å². The van der Waals surface area contributed by atoms with E-state index in [-0.39, 0.29) is 11.6 Å². The van der Waals surface area contributed by atoms with Gasteiger partial charge in [0, 0.05) is 18.8 Å². The Kier molecular flexibility index (Phi) is 6.38. The van der Waals surface area contributed by atoms with Gasteiger partial charge >= 0.3 is 6.18 Å². The van der Waals surface area contributed by atoms with Gasteiger partial charge in [-0.05, 0) is 30.7 Å². The van der Waals surface area contributed by atoms with E-state index in [0.717, 1.165) is 17.7 Å². The number of carbonyl (C=O) groups is 2. The topological polar surface area (TPSA) is 49.4 Å². The smallest absolute Gasteiger partial charge is 0.338 e. The van der Waals surface area contributed by atoms with Crippen LogP contribution in [0.15, 0.2) is 54.6 Å². The maximum atomic E-state index is 12.7. The number of halogens is 3. The number of nitrogens with one attached hydrogen (secondary N) is 1. The van der Waals surface area contributed by atoms with Crippen LogP contribution in [0.2, 0.25) is 0 Å². The zero-order valence-corrected chi connectivity index (χ0v) is 14.2. The van der Waals surface area contributed by atoms with Crippen molar-refractivity contribution in [1.29, 1.82) is 0 Å². The molecule has 0 heterocycles. The van der Waals surface area contributed by atoms with Gasteiger partial charge in [0.15, 0.2) is 0 Å². The fourth-order valence-electron chi connectivity index (χ4n) is 2.41. The van der Waals surface area contributed by atoms with Crippen molar-refractivity contribution in [2.24, 2.45) is 0 Å². The summed E-state index contributed by atoms with van der Waals surface area (Å²) in [6.07, 6.45) is -4.93. The van der Waals surface area contributed by atoms with E-state index in [9.17, 15) is 22.8 Å². The molecule has 0 aliphatic rings. The van der Waals surface area contributed by atoms with Gasteiger partial charge in [0.05, 0.1) is 5.56 Å². The number of nitrogens with zero attached hydrogens (tertiary/aromatic N) is 1. The van der Waals surface area contributed by atoms with E-state index in [1.807, 2.05) is 30.3 Å². The van der Waals surface area contributed by atoms with Gasteiger partial charge in [0.25, 0.3) is 0 Å². The lowest BCUT2D eigenvalue weighted by atomic mass is 10.2. The number of hydrogen-bond acceptors (Lipinski definition) is 2. The average Bonchev–Trinajstić information content (AvgIpc) is 2.59. The zero-order chi connectivity index (χ0) is 19.2. The minimum Gasteiger partial charge on any atom is -0.338 e. The molecule has 7 heteroatoms. The first-order chi connectivity index (χ1) is 12.3. The molecule has 138 valence electrons. The summed E-state index contributed by atoms with van der Waals surface area (Å²) >= 11 is 0. The fraction of sp³-hybridized carbons (Fsp3) is 0.263. The first kappa shape index (κ1) is 19.5. The van der Waals surface area contributed by atoms with Crippen LogP contribution in [0.25, 0.3) is 0 Å². The molecule has 0 aliphatic carbocycles. The molecule has 2 rings (SSSR count). The van der Waals surface area contributed by atoms with Crippen LogP contribution >= 0.6 is 0 Å².